The Balaban J connectivity index is 1.44. The van der Waals surface area contributed by atoms with Crippen molar-refractivity contribution in [3.8, 4) is 17.2 Å². The number of ether oxygens (including phenoxy) is 4. The van der Waals surface area contributed by atoms with Crippen LogP contribution in [0.1, 0.15) is 93.4 Å². The molecule has 0 amide bonds. The molecule has 0 bridgehead atoms. The first-order valence-corrected chi connectivity index (χ1v) is 18.1. The number of carbonyl (C=O) groups is 3. The smallest absolute Gasteiger partial charge is 0.375 e. The summed E-state index contributed by atoms with van der Waals surface area (Å²) in [5, 5.41) is 34.4. The zero-order valence-electron chi connectivity index (χ0n) is 29.2. The van der Waals surface area contributed by atoms with E-state index >= 15 is 0 Å². The summed E-state index contributed by atoms with van der Waals surface area (Å²) in [6.45, 7) is 3.52. The van der Waals surface area contributed by atoms with Crippen LogP contribution in [0, 0.1) is 5.92 Å². The minimum atomic E-state index is -1.19. The van der Waals surface area contributed by atoms with Crippen molar-refractivity contribution in [1.29, 1.82) is 0 Å². The van der Waals surface area contributed by atoms with E-state index in [1.54, 1.807) is 13.8 Å². The van der Waals surface area contributed by atoms with E-state index in [1.807, 2.05) is 24.3 Å². The van der Waals surface area contributed by atoms with Gasteiger partial charge in [0.05, 0.1) is 48.4 Å². The molecule has 7 rings (SSSR count). The van der Waals surface area contributed by atoms with E-state index in [4.69, 9.17) is 18.9 Å². The molecule has 3 heterocycles. The molecule has 5 aliphatic rings. The van der Waals surface area contributed by atoms with Gasteiger partial charge in [-0.25, -0.2) is 4.79 Å². The molecule has 2 fully saturated rings. The number of aliphatic hydroxyl groups is 3. The third-order valence-electron chi connectivity index (χ3n) is 11.2. The summed E-state index contributed by atoms with van der Waals surface area (Å²) in [5.41, 5.74) is 2.01. The van der Waals surface area contributed by atoms with Crippen molar-refractivity contribution < 1.29 is 48.7 Å². The first kappa shape index (κ1) is 35.1. The maximum Gasteiger partial charge on any atom is 0.375 e. The number of rotatable bonds is 11. The zero-order valence-corrected chi connectivity index (χ0v) is 29.2. The fraction of sp³-hybridized carbons (Fsp3) is 0.500. The Morgan fingerprint density at radius 2 is 1.94 bits per heavy atom. The lowest BCUT2D eigenvalue weighted by molar-refractivity contribution is -0.141. The minimum Gasteiger partial charge on any atom is -0.492 e. The highest BCUT2D eigenvalue weighted by Crippen LogP contribution is 2.57. The van der Waals surface area contributed by atoms with Crippen LogP contribution < -0.4 is 24.8 Å². The molecule has 2 aromatic rings. The summed E-state index contributed by atoms with van der Waals surface area (Å²) < 4.78 is 24.6. The van der Waals surface area contributed by atoms with Gasteiger partial charge in [0.25, 0.3) is 0 Å². The van der Waals surface area contributed by atoms with Crippen LogP contribution in [0.4, 0.5) is 0 Å². The number of aliphatic hydroxyl groups excluding tert-OH is 2. The van der Waals surface area contributed by atoms with Gasteiger partial charge in [-0.05, 0) is 68.4 Å². The van der Waals surface area contributed by atoms with Gasteiger partial charge in [-0.15, -0.1) is 0 Å². The molecule has 3 atom stereocenters. The predicted octanol–water partition coefficient (Wildman–Crippen LogP) is 3.30. The van der Waals surface area contributed by atoms with Crippen LogP contribution in [0.25, 0.3) is 11.6 Å². The number of Topliss-reactive ketones (excluding diaryl/α,β-unsaturated/α-hetero) is 1. The molecule has 0 spiro atoms. The molecule has 3 unspecified atom stereocenters. The SMILES string of the molecule is CCOC(=O)C1=C(C=O)C(=C2CCC(=O)C(c3ccc4c(c3)=CCN=4)C2)c2c(OCCCO)c3c(c(CO)c2O1)OC(C(C)(O)C1CCCC1)C3. The van der Waals surface area contributed by atoms with Gasteiger partial charge in [0, 0.05) is 42.9 Å². The summed E-state index contributed by atoms with van der Waals surface area (Å²) in [6, 6.07) is 5.83. The second-order valence-corrected chi connectivity index (χ2v) is 14.2. The average Bonchev–Trinajstić information content (AvgIpc) is 3.93. The number of esters is 1. The second-order valence-electron chi connectivity index (χ2n) is 14.2. The summed E-state index contributed by atoms with van der Waals surface area (Å²) in [7, 11) is 0. The van der Waals surface area contributed by atoms with Gasteiger partial charge in [-0.1, -0.05) is 30.6 Å². The lowest BCUT2D eigenvalue weighted by Crippen LogP contribution is -2.47. The molecule has 0 aromatic heterocycles. The molecule has 3 aliphatic heterocycles. The van der Waals surface area contributed by atoms with Gasteiger partial charge in [0.2, 0.25) is 5.76 Å². The highest BCUT2D eigenvalue weighted by molar-refractivity contribution is 6.11. The normalized spacial score (nSPS) is 23.7. The van der Waals surface area contributed by atoms with Crippen LogP contribution in [0.5, 0.6) is 17.2 Å². The van der Waals surface area contributed by atoms with E-state index in [-0.39, 0.29) is 73.4 Å². The molecule has 51 heavy (non-hydrogen) atoms. The molecule has 270 valence electrons. The van der Waals surface area contributed by atoms with E-state index in [9.17, 15) is 29.7 Å². The van der Waals surface area contributed by atoms with Gasteiger partial charge in [-0.2, -0.15) is 0 Å². The molecule has 2 aliphatic carbocycles. The Morgan fingerprint density at radius 1 is 1.14 bits per heavy atom. The quantitative estimate of drug-likeness (QED) is 0.180. The van der Waals surface area contributed by atoms with Crippen LogP contribution in [0.2, 0.25) is 0 Å². The van der Waals surface area contributed by atoms with Gasteiger partial charge in [-0.3, -0.25) is 14.6 Å². The summed E-state index contributed by atoms with van der Waals surface area (Å²) in [4.78, 5) is 44.6. The molecular weight excluding hydrogens is 654 g/mol. The lowest BCUT2D eigenvalue weighted by atomic mass is 9.75. The van der Waals surface area contributed by atoms with Crippen LogP contribution in [-0.4, -0.2) is 71.4 Å². The monoisotopic (exact) mass is 699 g/mol. The van der Waals surface area contributed by atoms with E-state index < -0.39 is 30.2 Å². The molecule has 0 saturated heterocycles. The van der Waals surface area contributed by atoms with E-state index in [1.165, 1.54) is 0 Å². The number of carbonyl (C=O) groups excluding carboxylic acids is 3. The fourth-order valence-corrected chi connectivity index (χ4v) is 8.48. The topological polar surface area (TPSA) is 161 Å². The Hall–Kier alpha value is -4.32. The molecule has 11 nitrogen and oxygen atoms in total. The highest BCUT2D eigenvalue weighted by atomic mass is 16.6. The largest absolute Gasteiger partial charge is 0.492 e. The number of aldehydes is 1. The maximum atomic E-state index is 13.6. The van der Waals surface area contributed by atoms with E-state index in [0.29, 0.717) is 53.9 Å². The Bertz CT molecular complexity index is 1950. The Kier molecular flexibility index (Phi) is 9.88. The molecule has 2 aromatic carbocycles. The number of fused-ring (bicyclic) bond motifs is 3. The van der Waals surface area contributed by atoms with Gasteiger partial charge >= 0.3 is 5.97 Å². The Morgan fingerprint density at radius 3 is 2.67 bits per heavy atom. The van der Waals surface area contributed by atoms with Crippen molar-refractivity contribution in [2.45, 2.75) is 95.9 Å². The number of nitrogens with zero attached hydrogens (tertiary/aromatic N) is 1. The predicted molar refractivity (Wildman–Crippen MR) is 186 cm³/mol. The third kappa shape index (κ3) is 6.19. The van der Waals surface area contributed by atoms with Crippen molar-refractivity contribution >= 4 is 29.7 Å². The van der Waals surface area contributed by atoms with Crippen molar-refractivity contribution in [3.05, 3.63) is 67.9 Å². The maximum absolute atomic E-state index is 13.6. The molecule has 11 heteroatoms. The average molecular weight is 700 g/mol. The summed E-state index contributed by atoms with van der Waals surface area (Å²) >= 11 is 0. The zero-order chi connectivity index (χ0) is 35.9. The van der Waals surface area contributed by atoms with Crippen molar-refractivity contribution in [2.24, 2.45) is 10.9 Å². The standard InChI is InChI=1S/C40H45NO10/c1-3-48-39(46)38-28(20-43)33(24-10-12-31(45)26(18-24)22-9-11-30-23(17-22)13-14-41-30)34-36(49-16-6-15-42)27-19-32(40(2,47)25-7-4-5-8-25)50-35(27)29(21-44)37(34)51-38/h9,11,13,17,20,25-26,32,42,44,47H,3-8,10,12,14-16,18-19,21H2,1-2H3. The van der Waals surface area contributed by atoms with Crippen LogP contribution in [0.15, 0.2) is 40.1 Å². The fourth-order valence-electron chi connectivity index (χ4n) is 8.48. The minimum absolute atomic E-state index is 0.0256. The van der Waals surface area contributed by atoms with Crippen molar-refractivity contribution in [2.75, 3.05) is 26.4 Å². The Labute approximate surface area is 296 Å². The van der Waals surface area contributed by atoms with Gasteiger partial charge in [0.1, 0.15) is 34.7 Å². The van der Waals surface area contributed by atoms with Crippen LogP contribution in [0.3, 0.4) is 0 Å². The van der Waals surface area contributed by atoms with Crippen molar-refractivity contribution in [3.63, 3.8) is 0 Å². The second kappa shape index (κ2) is 14.4. The number of hydrogen-bond acceptors (Lipinski definition) is 11. The first-order valence-electron chi connectivity index (χ1n) is 18.1. The van der Waals surface area contributed by atoms with Crippen LogP contribution in [-0.2, 0) is 32.1 Å². The number of allylic oxidation sites excluding steroid dienone is 3. The van der Waals surface area contributed by atoms with Crippen LogP contribution >= 0.6 is 0 Å². The van der Waals surface area contributed by atoms with Crippen molar-refractivity contribution in [1.82, 2.24) is 0 Å². The highest BCUT2D eigenvalue weighted by Gasteiger charge is 2.49. The third-order valence-corrected chi connectivity index (χ3v) is 11.2. The first-order chi connectivity index (χ1) is 24.7. The molecular formula is C40H45NO10. The summed E-state index contributed by atoms with van der Waals surface area (Å²) in [5.74, 6) is -0.858. The molecule has 3 N–H and O–H groups in total. The lowest BCUT2D eigenvalue weighted by Gasteiger charge is -2.35. The molecule has 0 radical (unpaired) electrons. The number of ketones is 1. The molecule has 2 saturated carbocycles. The van der Waals surface area contributed by atoms with Gasteiger partial charge < -0.3 is 34.3 Å². The summed E-state index contributed by atoms with van der Waals surface area (Å²) in [6.07, 6.45) is 7.10. The van der Waals surface area contributed by atoms with E-state index in [0.717, 1.165) is 47.4 Å². The van der Waals surface area contributed by atoms with Gasteiger partial charge in [0.15, 0.2) is 6.29 Å². The number of hydrogen-bond donors (Lipinski definition) is 3. The van der Waals surface area contributed by atoms with E-state index in [2.05, 4.69) is 4.99 Å². The number of benzene rings is 2.